The van der Waals surface area contributed by atoms with Crippen LogP contribution in [0.25, 0.3) is 0 Å². The molecule has 0 aliphatic heterocycles. The molecule has 0 bridgehead atoms. The van der Waals surface area contributed by atoms with Crippen molar-refractivity contribution in [2.45, 2.75) is 13.0 Å². The zero-order valence-electron chi connectivity index (χ0n) is 11.6. The largest absolute Gasteiger partial charge is 0.476 e. The van der Waals surface area contributed by atoms with Crippen molar-refractivity contribution in [1.29, 1.82) is 0 Å². The number of nitrogens with one attached hydrogen (secondary N) is 1. The summed E-state index contributed by atoms with van der Waals surface area (Å²) in [6.45, 7) is 12.7. The van der Waals surface area contributed by atoms with Gasteiger partial charge in [0.1, 0.15) is 5.76 Å². The van der Waals surface area contributed by atoms with E-state index in [4.69, 9.17) is 4.74 Å². The van der Waals surface area contributed by atoms with Gasteiger partial charge in [0.25, 0.3) is 5.91 Å². The number of hydrogen-bond donors (Lipinski definition) is 1. The Balaban J connectivity index is 5.31. The monoisotopic (exact) mass is 259 g/mol. The van der Waals surface area contributed by atoms with Gasteiger partial charge in [0.15, 0.2) is 0 Å². The van der Waals surface area contributed by atoms with Gasteiger partial charge in [0.05, 0.1) is 0 Å². The molecular formula is C16H21NO2. The molecular weight excluding hydrogens is 238 g/mol. The van der Waals surface area contributed by atoms with E-state index in [0.29, 0.717) is 5.76 Å². The molecule has 1 unspecified atom stereocenters. The highest BCUT2D eigenvalue weighted by molar-refractivity contribution is 5.84. The molecule has 19 heavy (non-hydrogen) atoms. The number of amides is 1. The molecule has 0 radical (unpaired) electrons. The fourth-order valence-corrected chi connectivity index (χ4v) is 1.33. The molecule has 1 N–H and O–H groups in total. The molecule has 0 saturated heterocycles. The number of allylic oxidation sites excluding steroid dienone is 6. The molecule has 0 aromatic rings. The third-order valence-electron chi connectivity index (χ3n) is 2.28. The second kappa shape index (κ2) is 9.71. The summed E-state index contributed by atoms with van der Waals surface area (Å²) in [5.74, 6) is 0.244. The molecule has 0 rings (SSSR count). The van der Waals surface area contributed by atoms with E-state index in [9.17, 15) is 4.79 Å². The van der Waals surface area contributed by atoms with E-state index in [1.165, 1.54) is 6.08 Å². The van der Waals surface area contributed by atoms with Gasteiger partial charge >= 0.3 is 0 Å². The van der Waals surface area contributed by atoms with E-state index in [1.807, 2.05) is 13.0 Å². The van der Waals surface area contributed by atoms with Gasteiger partial charge in [-0.3, -0.25) is 4.79 Å². The van der Waals surface area contributed by atoms with Crippen molar-refractivity contribution in [3.05, 3.63) is 73.6 Å². The lowest BCUT2D eigenvalue weighted by Gasteiger charge is -2.19. The number of likely N-dealkylation sites (N-methyl/N-ethyl adjacent to an activating group) is 1. The summed E-state index contributed by atoms with van der Waals surface area (Å²) in [6, 6.07) is 0. The molecule has 0 aromatic carbocycles. The minimum Gasteiger partial charge on any atom is -0.476 e. The van der Waals surface area contributed by atoms with Gasteiger partial charge in [0.2, 0.25) is 6.10 Å². The standard InChI is InChI=1S/C16H21NO2/c1-6-10-12-13(8-3)15(16(18)17-5)19-14(9-4)11-7-2/h6-12,15H,1-2,4H2,3,5H3,(H,17,18)/b12-10-,13-8+,14-11+. The number of carbonyl (C=O) groups is 1. The van der Waals surface area contributed by atoms with Crippen LogP contribution < -0.4 is 5.32 Å². The molecule has 0 aliphatic rings. The molecule has 0 aliphatic carbocycles. The van der Waals surface area contributed by atoms with Crippen LogP contribution in [-0.2, 0) is 9.53 Å². The predicted molar refractivity (Wildman–Crippen MR) is 80.5 cm³/mol. The van der Waals surface area contributed by atoms with Gasteiger partial charge < -0.3 is 10.1 Å². The van der Waals surface area contributed by atoms with Gasteiger partial charge in [-0.15, -0.1) is 0 Å². The number of carbonyl (C=O) groups excluding carboxylic acids is 1. The first kappa shape index (κ1) is 16.7. The number of hydrogen-bond acceptors (Lipinski definition) is 2. The minimum atomic E-state index is -0.740. The van der Waals surface area contributed by atoms with E-state index < -0.39 is 6.10 Å². The van der Waals surface area contributed by atoms with Crippen molar-refractivity contribution in [1.82, 2.24) is 5.32 Å². The first-order valence-electron chi connectivity index (χ1n) is 5.93. The van der Waals surface area contributed by atoms with Crippen molar-refractivity contribution < 1.29 is 9.53 Å². The van der Waals surface area contributed by atoms with Gasteiger partial charge in [-0.05, 0) is 24.6 Å². The number of ether oxygens (including phenoxy) is 1. The lowest BCUT2D eigenvalue weighted by atomic mass is 10.1. The van der Waals surface area contributed by atoms with Crippen molar-refractivity contribution in [3.63, 3.8) is 0 Å². The molecule has 0 spiro atoms. The molecule has 102 valence electrons. The molecule has 0 saturated carbocycles. The lowest BCUT2D eigenvalue weighted by Crippen LogP contribution is -2.35. The molecule has 3 heteroatoms. The van der Waals surface area contributed by atoms with Gasteiger partial charge in [-0.25, -0.2) is 0 Å². The van der Waals surface area contributed by atoms with E-state index in [0.717, 1.165) is 5.57 Å². The van der Waals surface area contributed by atoms with Gasteiger partial charge in [0, 0.05) is 7.05 Å². The average molecular weight is 259 g/mol. The van der Waals surface area contributed by atoms with Crippen LogP contribution in [0.2, 0.25) is 0 Å². The normalized spacial score (nSPS) is 13.8. The Bertz CT molecular complexity index is 428. The molecule has 0 heterocycles. The van der Waals surface area contributed by atoms with Crippen LogP contribution >= 0.6 is 0 Å². The van der Waals surface area contributed by atoms with Crippen molar-refractivity contribution in [3.8, 4) is 0 Å². The van der Waals surface area contributed by atoms with Gasteiger partial charge in [-0.2, -0.15) is 0 Å². The summed E-state index contributed by atoms with van der Waals surface area (Å²) >= 11 is 0. The van der Waals surface area contributed by atoms with E-state index in [-0.39, 0.29) is 5.91 Å². The first-order chi connectivity index (χ1) is 9.14. The van der Waals surface area contributed by atoms with Crippen LogP contribution in [0.15, 0.2) is 73.6 Å². The quantitative estimate of drug-likeness (QED) is 0.537. The van der Waals surface area contributed by atoms with Crippen LogP contribution in [0, 0.1) is 0 Å². The summed E-state index contributed by atoms with van der Waals surface area (Å²) in [5.41, 5.74) is 0.732. The van der Waals surface area contributed by atoms with Crippen LogP contribution in [-0.4, -0.2) is 19.1 Å². The molecule has 1 atom stereocenters. The Hall–Kier alpha value is -2.29. The highest BCUT2D eigenvalue weighted by Gasteiger charge is 2.22. The maximum atomic E-state index is 11.9. The van der Waals surface area contributed by atoms with Crippen LogP contribution in [0.5, 0.6) is 0 Å². The van der Waals surface area contributed by atoms with Crippen LogP contribution in [0.1, 0.15) is 6.92 Å². The Labute approximate surface area is 115 Å². The topological polar surface area (TPSA) is 38.3 Å². The highest BCUT2D eigenvalue weighted by atomic mass is 16.5. The zero-order valence-corrected chi connectivity index (χ0v) is 11.6. The third-order valence-corrected chi connectivity index (χ3v) is 2.28. The molecule has 0 aromatic heterocycles. The lowest BCUT2D eigenvalue weighted by molar-refractivity contribution is -0.127. The second-order valence-corrected chi connectivity index (χ2v) is 3.50. The summed E-state index contributed by atoms with van der Waals surface area (Å²) in [6.07, 6.45) is 11.0. The zero-order chi connectivity index (χ0) is 14.7. The average Bonchev–Trinajstić information content (AvgIpc) is 2.44. The van der Waals surface area contributed by atoms with E-state index >= 15 is 0 Å². The fraction of sp³-hybridized carbons (Fsp3) is 0.188. The third kappa shape index (κ3) is 5.73. The molecule has 0 fully saturated rings. The highest BCUT2D eigenvalue weighted by Crippen LogP contribution is 2.14. The summed E-state index contributed by atoms with van der Waals surface area (Å²) in [7, 11) is 1.56. The summed E-state index contributed by atoms with van der Waals surface area (Å²) in [4.78, 5) is 11.9. The molecule has 3 nitrogen and oxygen atoms in total. The number of rotatable bonds is 8. The SMILES string of the molecule is C=C/C=C\C(=C/C)C(O/C(C=C)=C/C=C)C(=O)NC. The summed E-state index contributed by atoms with van der Waals surface area (Å²) < 4.78 is 5.65. The maximum absolute atomic E-state index is 11.9. The van der Waals surface area contributed by atoms with Crippen molar-refractivity contribution >= 4 is 5.91 Å². The Kier molecular flexibility index (Phi) is 8.54. The Morgan fingerprint density at radius 2 is 1.95 bits per heavy atom. The van der Waals surface area contributed by atoms with Crippen molar-refractivity contribution in [2.75, 3.05) is 7.05 Å². The minimum absolute atomic E-state index is 0.237. The van der Waals surface area contributed by atoms with E-state index in [1.54, 1.807) is 37.4 Å². The maximum Gasteiger partial charge on any atom is 0.265 e. The Morgan fingerprint density at radius 3 is 2.37 bits per heavy atom. The second-order valence-electron chi connectivity index (χ2n) is 3.50. The smallest absolute Gasteiger partial charge is 0.265 e. The predicted octanol–water partition coefficient (Wildman–Crippen LogP) is 3.06. The summed E-state index contributed by atoms with van der Waals surface area (Å²) in [5, 5.41) is 2.58. The molecule has 1 amide bonds. The van der Waals surface area contributed by atoms with Crippen LogP contribution in [0.3, 0.4) is 0 Å². The van der Waals surface area contributed by atoms with Crippen LogP contribution in [0.4, 0.5) is 0 Å². The van der Waals surface area contributed by atoms with E-state index in [2.05, 4.69) is 25.1 Å². The van der Waals surface area contributed by atoms with Gasteiger partial charge in [-0.1, -0.05) is 50.1 Å². The Morgan fingerprint density at radius 1 is 1.26 bits per heavy atom. The first-order valence-corrected chi connectivity index (χ1v) is 5.93. The fourth-order valence-electron chi connectivity index (χ4n) is 1.33. The van der Waals surface area contributed by atoms with Crippen molar-refractivity contribution in [2.24, 2.45) is 0 Å².